The number of benzene rings is 1. The number of hydrogen-bond donors (Lipinski definition) is 2. The van der Waals surface area contributed by atoms with Crippen molar-refractivity contribution < 1.29 is 0 Å². The van der Waals surface area contributed by atoms with Gasteiger partial charge in [0.05, 0.1) is 17.4 Å². The van der Waals surface area contributed by atoms with Crippen molar-refractivity contribution in [2.45, 2.75) is 13.3 Å². The number of para-hydroxylation sites is 1. The van der Waals surface area contributed by atoms with Crippen LogP contribution in [0.4, 0.5) is 5.82 Å². The maximum absolute atomic E-state index is 5.95. The van der Waals surface area contributed by atoms with Gasteiger partial charge in [0, 0.05) is 35.8 Å². The number of fused-ring (bicyclic) bond motifs is 2. The van der Waals surface area contributed by atoms with Gasteiger partial charge in [-0.2, -0.15) is 5.10 Å². The molecule has 0 fully saturated rings. The van der Waals surface area contributed by atoms with E-state index in [0.717, 1.165) is 39.9 Å². The predicted octanol–water partition coefficient (Wildman–Crippen LogP) is 2.09. The van der Waals surface area contributed by atoms with Crippen LogP contribution >= 0.6 is 0 Å². The quantitative estimate of drug-likeness (QED) is 0.550. The summed E-state index contributed by atoms with van der Waals surface area (Å²) in [6.07, 6.45) is 4.34. The zero-order valence-electron chi connectivity index (χ0n) is 14.0. The zero-order valence-corrected chi connectivity index (χ0v) is 14.0. The summed E-state index contributed by atoms with van der Waals surface area (Å²) >= 11 is 0. The Morgan fingerprint density at radius 2 is 2.20 bits per heavy atom. The van der Waals surface area contributed by atoms with Crippen molar-refractivity contribution >= 4 is 41.4 Å². The minimum absolute atomic E-state index is 0.433. The van der Waals surface area contributed by atoms with E-state index in [2.05, 4.69) is 38.1 Å². The fraction of sp³-hybridized carbons (Fsp3) is 0.167. The Balaban J connectivity index is 1.58. The molecule has 0 saturated carbocycles. The van der Waals surface area contributed by atoms with E-state index in [1.807, 2.05) is 29.5 Å². The van der Waals surface area contributed by atoms with Crippen LogP contribution in [0.5, 0.6) is 0 Å². The lowest BCUT2D eigenvalue weighted by Crippen LogP contribution is -2.17. The second-order valence-electron chi connectivity index (χ2n) is 6.03. The summed E-state index contributed by atoms with van der Waals surface area (Å²) in [7, 11) is 5.95. The van der Waals surface area contributed by atoms with Crippen LogP contribution in [0.2, 0.25) is 0 Å². The molecule has 0 aliphatic heterocycles. The first-order valence-electron chi connectivity index (χ1n) is 8.09. The van der Waals surface area contributed by atoms with E-state index < -0.39 is 0 Å². The van der Waals surface area contributed by atoms with Crippen LogP contribution in [-0.4, -0.2) is 39.0 Å². The van der Waals surface area contributed by atoms with Crippen molar-refractivity contribution in [3.05, 3.63) is 54.6 Å². The molecule has 6 nitrogen and oxygen atoms in total. The number of aromatic nitrogens is 5. The van der Waals surface area contributed by atoms with Gasteiger partial charge in [-0.15, -0.1) is 0 Å². The Morgan fingerprint density at radius 3 is 3.04 bits per heavy atom. The maximum atomic E-state index is 5.95. The van der Waals surface area contributed by atoms with Crippen LogP contribution < -0.4 is 10.9 Å². The summed E-state index contributed by atoms with van der Waals surface area (Å²) < 4.78 is 1.92. The van der Waals surface area contributed by atoms with Crippen molar-refractivity contribution in [2.75, 3.05) is 11.9 Å². The summed E-state index contributed by atoms with van der Waals surface area (Å²) in [5.74, 6) is 0.663. The van der Waals surface area contributed by atoms with E-state index in [4.69, 9.17) is 7.85 Å². The van der Waals surface area contributed by atoms with Gasteiger partial charge < -0.3 is 5.32 Å². The standard InChI is InChI=1S/C18H17BN6/c1-11(2)15-9-21-18-17(22-16(19)10-25(15)18)20-8-7-14-12-5-3-4-6-13(12)23-24-14/h3-6,9-10H,1,7-8H2,2H3,(H,20,22)(H,23,24). The number of allylic oxidation sites excluding steroid dienone is 1. The normalized spacial score (nSPS) is 11.2. The van der Waals surface area contributed by atoms with E-state index in [9.17, 15) is 0 Å². The first-order chi connectivity index (χ1) is 12.1. The molecule has 3 heterocycles. The zero-order chi connectivity index (χ0) is 17.4. The number of H-pyrrole nitrogens is 1. The van der Waals surface area contributed by atoms with Crippen molar-refractivity contribution in [1.29, 1.82) is 0 Å². The van der Waals surface area contributed by atoms with Gasteiger partial charge in [0.15, 0.2) is 11.5 Å². The summed E-state index contributed by atoms with van der Waals surface area (Å²) in [4.78, 5) is 8.83. The summed E-state index contributed by atoms with van der Waals surface area (Å²) in [5, 5.41) is 11.9. The molecular formula is C18H17BN6. The molecule has 2 N–H and O–H groups in total. The smallest absolute Gasteiger partial charge is 0.180 e. The van der Waals surface area contributed by atoms with Crippen molar-refractivity contribution in [1.82, 2.24) is 24.6 Å². The lowest BCUT2D eigenvalue weighted by atomic mass is 10.1. The van der Waals surface area contributed by atoms with E-state index in [1.54, 1.807) is 12.4 Å². The van der Waals surface area contributed by atoms with Crippen LogP contribution in [0.1, 0.15) is 18.3 Å². The Kier molecular flexibility index (Phi) is 3.76. The predicted molar refractivity (Wildman–Crippen MR) is 101 cm³/mol. The molecule has 122 valence electrons. The highest BCUT2D eigenvalue weighted by Gasteiger charge is 2.11. The molecule has 0 saturated heterocycles. The fourth-order valence-electron chi connectivity index (χ4n) is 2.95. The monoisotopic (exact) mass is 328 g/mol. The minimum atomic E-state index is 0.433. The van der Waals surface area contributed by atoms with Gasteiger partial charge in [-0.3, -0.25) is 9.50 Å². The lowest BCUT2D eigenvalue weighted by Gasteiger charge is -2.09. The molecule has 4 aromatic rings. The minimum Gasteiger partial charge on any atom is -0.367 e. The molecule has 0 aliphatic rings. The van der Waals surface area contributed by atoms with Gasteiger partial charge in [0.25, 0.3) is 0 Å². The van der Waals surface area contributed by atoms with Gasteiger partial charge in [-0.1, -0.05) is 24.8 Å². The van der Waals surface area contributed by atoms with E-state index in [0.29, 0.717) is 18.0 Å². The first-order valence-corrected chi connectivity index (χ1v) is 8.09. The summed E-state index contributed by atoms with van der Waals surface area (Å²) in [5.41, 5.74) is 5.08. The highest BCUT2D eigenvalue weighted by atomic mass is 15.1. The van der Waals surface area contributed by atoms with Gasteiger partial charge in [0.2, 0.25) is 0 Å². The van der Waals surface area contributed by atoms with E-state index >= 15 is 0 Å². The number of anilines is 1. The average Bonchev–Trinajstić information content (AvgIpc) is 3.19. The summed E-state index contributed by atoms with van der Waals surface area (Å²) in [6, 6.07) is 8.06. The molecule has 3 aromatic heterocycles. The highest BCUT2D eigenvalue weighted by Crippen LogP contribution is 2.19. The highest BCUT2D eigenvalue weighted by molar-refractivity contribution is 6.30. The van der Waals surface area contributed by atoms with Crippen molar-refractivity contribution in [3.8, 4) is 0 Å². The largest absolute Gasteiger partial charge is 0.367 e. The third-order valence-corrected chi connectivity index (χ3v) is 4.16. The molecule has 4 rings (SSSR count). The molecule has 25 heavy (non-hydrogen) atoms. The molecule has 0 bridgehead atoms. The Bertz CT molecular complexity index is 1080. The Morgan fingerprint density at radius 1 is 1.36 bits per heavy atom. The Labute approximate surface area is 146 Å². The molecular weight excluding hydrogens is 311 g/mol. The average molecular weight is 328 g/mol. The number of rotatable bonds is 5. The molecule has 1 aromatic carbocycles. The molecule has 2 radical (unpaired) electrons. The van der Waals surface area contributed by atoms with Crippen molar-refractivity contribution in [3.63, 3.8) is 0 Å². The molecule has 0 amide bonds. The van der Waals surface area contributed by atoms with Crippen LogP contribution in [0.15, 0.2) is 43.2 Å². The number of aromatic amines is 1. The lowest BCUT2D eigenvalue weighted by molar-refractivity contribution is 0.933. The Hall–Kier alpha value is -3.09. The topological polar surface area (TPSA) is 70.9 Å². The number of nitrogens with one attached hydrogen (secondary N) is 2. The van der Waals surface area contributed by atoms with E-state index in [-0.39, 0.29) is 0 Å². The van der Waals surface area contributed by atoms with Crippen molar-refractivity contribution in [2.24, 2.45) is 0 Å². The van der Waals surface area contributed by atoms with Crippen LogP contribution in [0.25, 0.3) is 22.1 Å². The molecule has 0 atom stereocenters. The second-order valence-corrected chi connectivity index (χ2v) is 6.03. The van der Waals surface area contributed by atoms with Gasteiger partial charge >= 0.3 is 0 Å². The number of hydrogen-bond acceptors (Lipinski definition) is 4. The van der Waals surface area contributed by atoms with E-state index in [1.165, 1.54) is 0 Å². The number of imidazole rings is 1. The third kappa shape index (κ3) is 2.78. The van der Waals surface area contributed by atoms with Gasteiger partial charge in [-0.05, 0) is 18.6 Å². The summed E-state index contributed by atoms with van der Waals surface area (Å²) in [6.45, 7) is 6.61. The third-order valence-electron chi connectivity index (χ3n) is 4.16. The van der Waals surface area contributed by atoms with Gasteiger partial charge in [0.1, 0.15) is 7.85 Å². The van der Waals surface area contributed by atoms with Crippen LogP contribution in [0.3, 0.4) is 0 Å². The SMILES string of the molecule is [B]c1cn2c(C(=C)C)cnc2c(NCCc2[nH]nc3ccccc23)n1. The molecule has 7 heteroatoms. The molecule has 0 aliphatic carbocycles. The number of nitrogens with zero attached hydrogens (tertiary/aromatic N) is 4. The fourth-order valence-corrected chi connectivity index (χ4v) is 2.95. The molecule has 0 unspecified atom stereocenters. The second kappa shape index (κ2) is 6.09. The maximum Gasteiger partial charge on any atom is 0.180 e. The van der Waals surface area contributed by atoms with Crippen LogP contribution in [-0.2, 0) is 6.42 Å². The van der Waals surface area contributed by atoms with Gasteiger partial charge in [-0.25, -0.2) is 9.97 Å². The van der Waals surface area contributed by atoms with Crippen LogP contribution in [0, 0.1) is 0 Å². The molecule has 0 spiro atoms. The first kappa shape index (κ1) is 15.4.